The van der Waals surface area contributed by atoms with Crippen LogP contribution < -0.4 is 14.8 Å². The van der Waals surface area contributed by atoms with Gasteiger partial charge in [0.25, 0.3) is 0 Å². The van der Waals surface area contributed by atoms with Crippen molar-refractivity contribution in [3.05, 3.63) is 111 Å². The van der Waals surface area contributed by atoms with Crippen LogP contribution in [0, 0.1) is 19.8 Å². The Balaban J connectivity index is 1.57. The summed E-state index contributed by atoms with van der Waals surface area (Å²) >= 11 is 6.74. The molecule has 3 aromatic carbocycles. The van der Waals surface area contributed by atoms with Crippen LogP contribution in [0.4, 0.5) is 0 Å². The minimum Gasteiger partial charge on any atom is -0.488 e. The average Bonchev–Trinajstić information content (AvgIpc) is 3.04. The number of pyridine rings is 1. The normalized spacial score (nSPS) is 12.0. The molecule has 4 aromatic rings. The SMILES string of the molecule is CCOCc1cccc(-c2cccc(COc3cc(OCc4cncc(C=NC)c4)c(CNC[C@H](C)C(=O)O)cc3Cl)c2C)c1C. The Morgan fingerprint density at radius 2 is 1.63 bits per heavy atom. The average molecular weight is 644 g/mol. The molecule has 0 aliphatic heterocycles. The second kappa shape index (κ2) is 16.9. The molecule has 0 amide bonds. The van der Waals surface area contributed by atoms with Crippen LogP contribution in [0.3, 0.4) is 0 Å². The highest BCUT2D eigenvalue weighted by Crippen LogP contribution is 2.35. The van der Waals surface area contributed by atoms with Crippen molar-refractivity contribution in [3.8, 4) is 22.6 Å². The molecule has 0 fully saturated rings. The number of carbonyl (C=O) groups is 1. The Morgan fingerprint density at radius 1 is 0.957 bits per heavy atom. The summed E-state index contributed by atoms with van der Waals surface area (Å²) in [5.74, 6) is -0.325. The number of aliphatic imine (C=N–C) groups is 1. The van der Waals surface area contributed by atoms with E-state index in [1.54, 1.807) is 44.7 Å². The van der Waals surface area contributed by atoms with Crippen LogP contribution >= 0.6 is 11.6 Å². The molecule has 0 saturated heterocycles. The number of carboxylic acid groups (broad SMARTS) is 1. The van der Waals surface area contributed by atoms with Crippen LogP contribution in [0.5, 0.6) is 11.5 Å². The maximum atomic E-state index is 11.3. The zero-order valence-electron chi connectivity index (χ0n) is 27.1. The first-order chi connectivity index (χ1) is 22.2. The minimum absolute atomic E-state index is 0.265. The maximum Gasteiger partial charge on any atom is 0.307 e. The molecule has 8 nitrogen and oxygen atoms in total. The van der Waals surface area contributed by atoms with Gasteiger partial charge in [-0.1, -0.05) is 54.9 Å². The molecule has 0 aliphatic rings. The quantitative estimate of drug-likeness (QED) is 0.121. The van der Waals surface area contributed by atoms with Crippen LogP contribution in [0.15, 0.2) is 72.0 Å². The van der Waals surface area contributed by atoms with Gasteiger partial charge < -0.3 is 24.6 Å². The van der Waals surface area contributed by atoms with Crippen LogP contribution in [0.1, 0.15) is 52.8 Å². The minimum atomic E-state index is -0.860. The van der Waals surface area contributed by atoms with Gasteiger partial charge in [-0.25, -0.2) is 0 Å². The summed E-state index contributed by atoms with van der Waals surface area (Å²) < 4.78 is 18.3. The van der Waals surface area contributed by atoms with Crippen molar-refractivity contribution in [2.75, 3.05) is 20.2 Å². The molecular formula is C37H42ClN3O5. The predicted octanol–water partition coefficient (Wildman–Crippen LogP) is 7.57. The molecule has 1 atom stereocenters. The Morgan fingerprint density at radius 3 is 2.28 bits per heavy atom. The molecule has 9 heteroatoms. The number of hydrogen-bond donors (Lipinski definition) is 2. The van der Waals surface area contributed by atoms with E-state index in [9.17, 15) is 9.90 Å². The Bertz CT molecular complexity index is 1670. The van der Waals surface area contributed by atoms with E-state index in [1.807, 2.05) is 19.1 Å². The zero-order chi connectivity index (χ0) is 33.1. The molecule has 0 spiro atoms. The lowest BCUT2D eigenvalue weighted by Crippen LogP contribution is -2.26. The van der Waals surface area contributed by atoms with Gasteiger partial charge in [0.2, 0.25) is 0 Å². The van der Waals surface area contributed by atoms with Gasteiger partial charge in [-0.3, -0.25) is 14.8 Å². The molecule has 0 saturated carbocycles. The number of ether oxygens (including phenoxy) is 3. The van der Waals surface area contributed by atoms with Gasteiger partial charge in [0, 0.05) is 68.1 Å². The Hall–Kier alpha value is -4.24. The number of hydrogen-bond acceptors (Lipinski definition) is 7. The van der Waals surface area contributed by atoms with Gasteiger partial charge in [0.1, 0.15) is 24.7 Å². The van der Waals surface area contributed by atoms with Crippen molar-refractivity contribution in [1.82, 2.24) is 10.3 Å². The smallest absolute Gasteiger partial charge is 0.307 e. The molecule has 0 bridgehead atoms. The number of nitrogens with zero attached hydrogens (tertiary/aromatic N) is 2. The predicted molar refractivity (Wildman–Crippen MR) is 183 cm³/mol. The van der Waals surface area contributed by atoms with Gasteiger partial charge in [-0.05, 0) is 66.3 Å². The summed E-state index contributed by atoms with van der Waals surface area (Å²) in [5.41, 5.74) is 9.40. The second-order valence-electron chi connectivity index (χ2n) is 11.2. The van der Waals surface area contributed by atoms with Crippen molar-refractivity contribution < 1.29 is 24.1 Å². The monoisotopic (exact) mass is 643 g/mol. The molecule has 1 aromatic heterocycles. The first-order valence-electron chi connectivity index (χ1n) is 15.3. The molecule has 0 aliphatic carbocycles. The van der Waals surface area contributed by atoms with E-state index >= 15 is 0 Å². The Kier molecular flexibility index (Phi) is 12.7. The summed E-state index contributed by atoms with van der Waals surface area (Å²) in [7, 11) is 1.71. The molecule has 242 valence electrons. The van der Waals surface area contributed by atoms with Crippen LogP contribution in [-0.2, 0) is 35.9 Å². The lowest BCUT2D eigenvalue weighted by atomic mass is 9.92. The first-order valence-corrected chi connectivity index (χ1v) is 15.7. The largest absolute Gasteiger partial charge is 0.488 e. The summed E-state index contributed by atoms with van der Waals surface area (Å²) in [5, 5.41) is 12.9. The van der Waals surface area contributed by atoms with Crippen LogP contribution in [-0.4, -0.2) is 42.5 Å². The molecule has 46 heavy (non-hydrogen) atoms. The van der Waals surface area contributed by atoms with E-state index < -0.39 is 11.9 Å². The number of carboxylic acids is 1. The van der Waals surface area contributed by atoms with E-state index in [2.05, 4.69) is 59.5 Å². The number of benzene rings is 3. The highest BCUT2D eigenvalue weighted by molar-refractivity contribution is 6.32. The summed E-state index contributed by atoms with van der Waals surface area (Å²) in [6.45, 7) is 10.4. The molecule has 0 unspecified atom stereocenters. The van der Waals surface area contributed by atoms with Crippen molar-refractivity contribution in [2.24, 2.45) is 10.9 Å². The van der Waals surface area contributed by atoms with E-state index in [1.165, 1.54) is 16.7 Å². The number of rotatable bonds is 16. The van der Waals surface area contributed by atoms with Gasteiger partial charge in [0.15, 0.2) is 0 Å². The van der Waals surface area contributed by atoms with Gasteiger partial charge in [-0.15, -0.1) is 0 Å². The topological polar surface area (TPSA) is 102 Å². The van der Waals surface area contributed by atoms with Crippen molar-refractivity contribution in [1.29, 1.82) is 0 Å². The second-order valence-corrected chi connectivity index (χ2v) is 11.6. The zero-order valence-corrected chi connectivity index (χ0v) is 27.9. The third-order valence-electron chi connectivity index (χ3n) is 7.82. The third-order valence-corrected chi connectivity index (χ3v) is 8.11. The van der Waals surface area contributed by atoms with E-state index in [0.717, 1.165) is 33.4 Å². The number of aliphatic carboxylic acids is 1. The Labute approximate surface area is 276 Å². The fourth-order valence-electron chi connectivity index (χ4n) is 5.07. The fraction of sp³-hybridized carbons (Fsp3) is 0.324. The summed E-state index contributed by atoms with van der Waals surface area (Å²) in [6, 6.07) is 18.1. The third kappa shape index (κ3) is 9.16. The van der Waals surface area contributed by atoms with E-state index in [4.69, 9.17) is 25.8 Å². The van der Waals surface area contributed by atoms with Gasteiger partial charge in [-0.2, -0.15) is 0 Å². The highest BCUT2D eigenvalue weighted by Gasteiger charge is 2.16. The van der Waals surface area contributed by atoms with E-state index in [-0.39, 0.29) is 6.61 Å². The van der Waals surface area contributed by atoms with Crippen molar-refractivity contribution in [2.45, 2.75) is 54.1 Å². The van der Waals surface area contributed by atoms with E-state index in [0.29, 0.717) is 49.4 Å². The molecule has 2 N–H and O–H groups in total. The first kappa shape index (κ1) is 34.6. The lowest BCUT2D eigenvalue weighted by molar-refractivity contribution is -0.140. The number of halogens is 1. The van der Waals surface area contributed by atoms with Crippen LogP contribution in [0.2, 0.25) is 5.02 Å². The standard InChI is InChI=1S/C37H42ClN3O5/c1-6-44-22-29-9-7-11-32(25(29)3)33-12-8-10-30(26(33)4)23-46-36-15-35(45-21-28-13-27(17-39-5)18-41-19-28)31(14-34(36)38)20-40-16-24(2)37(42)43/h7-15,17-19,24,40H,6,16,20-23H2,1-5H3,(H,42,43)/t24-/m0/s1. The van der Waals surface area contributed by atoms with Crippen LogP contribution in [0.25, 0.3) is 11.1 Å². The fourth-order valence-corrected chi connectivity index (χ4v) is 5.31. The molecule has 0 radical (unpaired) electrons. The summed E-state index contributed by atoms with van der Waals surface area (Å²) in [4.78, 5) is 19.7. The molecular weight excluding hydrogens is 602 g/mol. The number of aromatic nitrogens is 1. The maximum absolute atomic E-state index is 11.3. The molecule has 1 heterocycles. The highest BCUT2D eigenvalue weighted by atomic mass is 35.5. The number of nitrogens with one attached hydrogen (secondary N) is 1. The van der Waals surface area contributed by atoms with Crippen molar-refractivity contribution in [3.63, 3.8) is 0 Å². The summed E-state index contributed by atoms with van der Waals surface area (Å²) in [6.07, 6.45) is 5.22. The van der Waals surface area contributed by atoms with Gasteiger partial charge >= 0.3 is 5.97 Å². The van der Waals surface area contributed by atoms with Crippen molar-refractivity contribution >= 4 is 23.8 Å². The lowest BCUT2D eigenvalue weighted by Gasteiger charge is -2.18. The molecule has 4 rings (SSSR count). The van der Waals surface area contributed by atoms with Gasteiger partial charge in [0.05, 0.1) is 17.5 Å².